The predicted molar refractivity (Wildman–Crippen MR) is 243 cm³/mol. The number of phosphoric ester groups is 1. The van der Waals surface area contributed by atoms with Crippen molar-refractivity contribution in [1.82, 2.24) is 0 Å². The molecule has 0 aliphatic carbocycles. The van der Waals surface area contributed by atoms with E-state index >= 15 is 0 Å². The van der Waals surface area contributed by atoms with Crippen molar-refractivity contribution in [3.05, 3.63) is 0 Å². The SMILES string of the molecule is CCCCCCCCCCCCCCCCCCCCCCCCCC(=O)OC(COCCCCCCCCCCCCCCCCC)COP(=O)(O)OCCN. The second-order valence-corrected chi connectivity index (χ2v) is 18.5. The van der Waals surface area contributed by atoms with Crippen LogP contribution in [-0.4, -0.2) is 49.9 Å². The number of carbonyl (C=O) groups is 1. The standard InChI is InChI=1S/C48H98NO7P/c1-3-5-7-9-11-13-15-17-19-20-21-22-23-24-25-26-27-29-31-33-35-37-39-41-48(50)56-47(46-55-57(51,52)54-44-42-49)45-53-43-40-38-36-34-32-30-28-18-16-14-12-10-8-6-4-2/h47H,3-46,49H2,1-2H3,(H,51,52). The molecule has 2 atom stereocenters. The van der Waals surface area contributed by atoms with E-state index in [-0.39, 0.29) is 32.3 Å². The van der Waals surface area contributed by atoms with E-state index in [9.17, 15) is 14.3 Å². The highest BCUT2D eigenvalue weighted by molar-refractivity contribution is 7.47. The summed E-state index contributed by atoms with van der Waals surface area (Å²) in [6, 6.07) is 0. The Hall–Kier alpha value is -0.500. The topological polar surface area (TPSA) is 117 Å². The number of hydrogen-bond donors (Lipinski definition) is 2. The van der Waals surface area contributed by atoms with Gasteiger partial charge < -0.3 is 20.1 Å². The van der Waals surface area contributed by atoms with Crippen molar-refractivity contribution in [2.45, 2.75) is 270 Å². The molecule has 0 bridgehead atoms. The molecule has 0 aliphatic rings. The molecule has 8 nitrogen and oxygen atoms in total. The van der Waals surface area contributed by atoms with Gasteiger partial charge >= 0.3 is 13.8 Å². The van der Waals surface area contributed by atoms with Gasteiger partial charge in [-0.2, -0.15) is 0 Å². The lowest BCUT2D eigenvalue weighted by molar-refractivity contribution is -0.154. The number of hydrogen-bond acceptors (Lipinski definition) is 7. The van der Waals surface area contributed by atoms with Gasteiger partial charge in [-0.05, 0) is 12.8 Å². The molecular formula is C48H98NO7P. The van der Waals surface area contributed by atoms with Crippen LogP contribution in [0.4, 0.5) is 0 Å². The molecule has 0 spiro atoms. The van der Waals surface area contributed by atoms with E-state index < -0.39 is 13.9 Å². The van der Waals surface area contributed by atoms with Crippen molar-refractivity contribution < 1.29 is 32.8 Å². The Morgan fingerprint density at radius 2 is 0.772 bits per heavy atom. The van der Waals surface area contributed by atoms with Crippen LogP contribution >= 0.6 is 7.82 Å². The summed E-state index contributed by atoms with van der Waals surface area (Å²) in [4.78, 5) is 22.6. The summed E-state index contributed by atoms with van der Waals surface area (Å²) in [6.07, 6.45) is 49.9. The molecule has 0 aliphatic heterocycles. The number of nitrogens with two attached hydrogens (primary N) is 1. The minimum Gasteiger partial charge on any atom is -0.457 e. The summed E-state index contributed by atoms with van der Waals surface area (Å²) in [6.45, 7) is 5.00. The van der Waals surface area contributed by atoms with Crippen LogP contribution in [0, 0.1) is 0 Å². The maximum Gasteiger partial charge on any atom is 0.472 e. The second kappa shape index (κ2) is 46.6. The molecule has 342 valence electrons. The van der Waals surface area contributed by atoms with Crippen LogP contribution in [0.15, 0.2) is 0 Å². The van der Waals surface area contributed by atoms with Crippen LogP contribution in [0.1, 0.15) is 264 Å². The lowest BCUT2D eigenvalue weighted by atomic mass is 10.0. The van der Waals surface area contributed by atoms with Gasteiger partial charge in [-0.3, -0.25) is 13.8 Å². The van der Waals surface area contributed by atoms with E-state index in [0.717, 1.165) is 32.1 Å². The van der Waals surface area contributed by atoms with Crippen LogP contribution < -0.4 is 5.73 Å². The van der Waals surface area contributed by atoms with Crippen molar-refractivity contribution in [3.8, 4) is 0 Å². The molecule has 57 heavy (non-hydrogen) atoms. The first-order valence-corrected chi connectivity index (χ1v) is 26.5. The molecule has 0 saturated carbocycles. The summed E-state index contributed by atoms with van der Waals surface area (Å²) in [5.74, 6) is -0.321. The lowest BCUT2D eigenvalue weighted by Gasteiger charge is -2.20. The molecule has 0 fully saturated rings. The summed E-state index contributed by atoms with van der Waals surface area (Å²) >= 11 is 0. The van der Waals surface area contributed by atoms with Crippen molar-refractivity contribution >= 4 is 13.8 Å². The van der Waals surface area contributed by atoms with Crippen molar-refractivity contribution in [2.75, 3.05) is 33.0 Å². The summed E-state index contributed by atoms with van der Waals surface area (Å²) in [5.41, 5.74) is 5.38. The third-order valence-corrected chi connectivity index (χ3v) is 12.3. The average molecular weight is 832 g/mol. The molecule has 0 aromatic rings. The molecular weight excluding hydrogens is 734 g/mol. The van der Waals surface area contributed by atoms with Gasteiger partial charge in [0.1, 0.15) is 6.10 Å². The Morgan fingerprint density at radius 1 is 0.456 bits per heavy atom. The van der Waals surface area contributed by atoms with Crippen LogP contribution in [0.2, 0.25) is 0 Å². The van der Waals surface area contributed by atoms with E-state index in [1.54, 1.807) is 0 Å². The zero-order valence-corrected chi connectivity index (χ0v) is 39.0. The van der Waals surface area contributed by atoms with E-state index in [1.165, 1.54) is 212 Å². The number of ether oxygens (including phenoxy) is 2. The fourth-order valence-electron chi connectivity index (χ4n) is 7.59. The van der Waals surface area contributed by atoms with Crippen LogP contribution in [0.3, 0.4) is 0 Å². The zero-order valence-electron chi connectivity index (χ0n) is 38.1. The average Bonchev–Trinajstić information content (AvgIpc) is 3.20. The number of carbonyl (C=O) groups excluding carboxylic acids is 1. The monoisotopic (exact) mass is 832 g/mol. The Balaban J connectivity index is 3.86. The molecule has 3 N–H and O–H groups in total. The molecule has 0 aromatic carbocycles. The summed E-state index contributed by atoms with van der Waals surface area (Å²) < 4.78 is 33.5. The Labute approximate surface area is 354 Å². The Kier molecular flexibility index (Phi) is 46.2. The molecule has 0 saturated heterocycles. The van der Waals surface area contributed by atoms with Gasteiger partial charge in [0.25, 0.3) is 0 Å². The maximum absolute atomic E-state index is 12.6. The first-order valence-electron chi connectivity index (χ1n) is 25.0. The molecule has 9 heteroatoms. The van der Waals surface area contributed by atoms with Crippen LogP contribution in [0.5, 0.6) is 0 Å². The van der Waals surface area contributed by atoms with Gasteiger partial charge in [0.2, 0.25) is 0 Å². The van der Waals surface area contributed by atoms with Gasteiger partial charge in [0.15, 0.2) is 0 Å². The second-order valence-electron chi connectivity index (χ2n) is 17.1. The quantitative estimate of drug-likeness (QED) is 0.0354. The number of phosphoric acid groups is 1. The predicted octanol–water partition coefficient (Wildman–Crippen LogP) is 15.3. The third kappa shape index (κ3) is 46.4. The minimum absolute atomic E-state index is 0.0898. The Bertz CT molecular complexity index is 848. The molecule has 0 heterocycles. The van der Waals surface area contributed by atoms with Crippen LogP contribution in [-0.2, 0) is 27.9 Å². The highest BCUT2D eigenvalue weighted by atomic mass is 31.2. The molecule has 0 aromatic heterocycles. The maximum atomic E-state index is 12.6. The summed E-state index contributed by atoms with van der Waals surface area (Å²) in [5, 5.41) is 0. The fourth-order valence-corrected chi connectivity index (χ4v) is 8.35. The highest BCUT2D eigenvalue weighted by Crippen LogP contribution is 2.43. The minimum atomic E-state index is -4.27. The van der Waals surface area contributed by atoms with Gasteiger partial charge in [0.05, 0.1) is 19.8 Å². The number of rotatable bonds is 49. The van der Waals surface area contributed by atoms with Gasteiger partial charge in [0, 0.05) is 19.6 Å². The molecule has 0 radical (unpaired) electrons. The van der Waals surface area contributed by atoms with E-state index in [4.69, 9.17) is 24.3 Å². The largest absolute Gasteiger partial charge is 0.472 e. The summed E-state index contributed by atoms with van der Waals surface area (Å²) in [7, 11) is -4.27. The van der Waals surface area contributed by atoms with Gasteiger partial charge in [-0.15, -0.1) is 0 Å². The normalized spacial score (nSPS) is 13.3. The van der Waals surface area contributed by atoms with Gasteiger partial charge in [-0.25, -0.2) is 4.57 Å². The fraction of sp³-hybridized carbons (Fsp3) is 0.979. The molecule has 0 amide bonds. The first-order chi connectivity index (χ1) is 27.9. The van der Waals surface area contributed by atoms with Crippen molar-refractivity contribution in [2.24, 2.45) is 5.73 Å². The van der Waals surface area contributed by atoms with Crippen LogP contribution in [0.25, 0.3) is 0 Å². The third-order valence-electron chi connectivity index (χ3n) is 11.3. The highest BCUT2D eigenvalue weighted by Gasteiger charge is 2.25. The van der Waals surface area contributed by atoms with Crippen molar-refractivity contribution in [1.29, 1.82) is 0 Å². The van der Waals surface area contributed by atoms with Gasteiger partial charge in [-0.1, -0.05) is 245 Å². The van der Waals surface area contributed by atoms with E-state index in [1.807, 2.05) is 0 Å². The van der Waals surface area contributed by atoms with E-state index in [0.29, 0.717) is 13.0 Å². The first kappa shape index (κ1) is 56.5. The number of unbranched alkanes of at least 4 members (excludes halogenated alkanes) is 36. The smallest absolute Gasteiger partial charge is 0.457 e. The van der Waals surface area contributed by atoms with Crippen molar-refractivity contribution in [3.63, 3.8) is 0 Å². The molecule has 2 unspecified atom stereocenters. The zero-order chi connectivity index (χ0) is 41.6. The number of esters is 1. The Morgan fingerprint density at radius 3 is 1.11 bits per heavy atom. The lowest BCUT2D eigenvalue weighted by Crippen LogP contribution is -2.28. The molecule has 0 rings (SSSR count). The van der Waals surface area contributed by atoms with E-state index in [2.05, 4.69) is 13.8 Å².